The molecule has 0 bridgehead atoms. The molecule has 1 aromatic rings. The second-order valence-electron chi connectivity index (χ2n) is 4.33. The van der Waals surface area contributed by atoms with Crippen LogP contribution in [-0.2, 0) is 6.42 Å². The number of ether oxygens (including phenoxy) is 1. The van der Waals surface area contributed by atoms with Gasteiger partial charge in [0.2, 0.25) is 0 Å². The third-order valence-corrected chi connectivity index (χ3v) is 2.77. The first-order valence-corrected chi connectivity index (χ1v) is 6.19. The number of fused-ring (bicyclic) bond motifs is 1. The molecule has 0 saturated carbocycles. The molecule has 2 heterocycles. The van der Waals surface area contributed by atoms with E-state index in [9.17, 15) is 0 Å². The summed E-state index contributed by atoms with van der Waals surface area (Å²) in [6.07, 6.45) is 2.39. The summed E-state index contributed by atoms with van der Waals surface area (Å²) in [6, 6.07) is 0. The number of thiophene rings is 1. The molecular formula is C12H20OS. The Morgan fingerprint density at radius 1 is 1.36 bits per heavy atom. The van der Waals surface area contributed by atoms with E-state index in [-0.39, 0.29) is 0 Å². The summed E-state index contributed by atoms with van der Waals surface area (Å²) in [5.41, 5.74) is 1.41. The normalized spacial score (nSPS) is 14.1. The van der Waals surface area contributed by atoms with Gasteiger partial charge in [0.15, 0.2) is 0 Å². The molecule has 1 aromatic heterocycles. The lowest BCUT2D eigenvalue weighted by atomic mass is 10.1. The molecule has 0 fully saturated rings. The fraction of sp³-hybridized carbons (Fsp3) is 0.667. The van der Waals surface area contributed by atoms with E-state index in [1.54, 1.807) is 11.3 Å². The lowest BCUT2D eigenvalue weighted by molar-refractivity contribution is 0.288. The van der Waals surface area contributed by atoms with Crippen LogP contribution in [0.1, 0.15) is 37.6 Å². The van der Waals surface area contributed by atoms with Crippen LogP contribution in [0, 0.1) is 12.8 Å². The first-order valence-electron chi connectivity index (χ1n) is 5.31. The summed E-state index contributed by atoms with van der Waals surface area (Å²) >= 11 is 1.80. The highest BCUT2D eigenvalue weighted by Gasteiger charge is 2.13. The van der Waals surface area contributed by atoms with Crippen molar-refractivity contribution in [3.8, 4) is 5.75 Å². The summed E-state index contributed by atoms with van der Waals surface area (Å²) in [5, 5.41) is 2.21. The molecule has 0 unspecified atom stereocenters. The molecule has 0 aromatic carbocycles. The van der Waals surface area contributed by atoms with Gasteiger partial charge in [0.25, 0.3) is 0 Å². The van der Waals surface area contributed by atoms with Crippen LogP contribution in [-0.4, -0.2) is 6.61 Å². The molecule has 0 N–H and O–H groups in total. The zero-order valence-corrected chi connectivity index (χ0v) is 10.4. The van der Waals surface area contributed by atoms with Gasteiger partial charge in [-0.25, -0.2) is 0 Å². The van der Waals surface area contributed by atoms with Crippen LogP contribution in [0.3, 0.4) is 0 Å². The van der Waals surface area contributed by atoms with Gasteiger partial charge in [-0.15, -0.1) is 11.3 Å². The maximum Gasteiger partial charge on any atom is 0.136 e. The predicted octanol–water partition coefficient (Wildman–Crippen LogP) is 4.04. The Hall–Kier alpha value is -0.500. The van der Waals surface area contributed by atoms with Crippen LogP contribution < -0.4 is 4.74 Å². The quantitative estimate of drug-likeness (QED) is 0.630. The van der Waals surface area contributed by atoms with Crippen molar-refractivity contribution in [2.24, 2.45) is 5.92 Å². The molecule has 0 spiro atoms. The zero-order valence-electron chi connectivity index (χ0n) is 9.59. The second-order valence-corrected chi connectivity index (χ2v) is 5.41. The van der Waals surface area contributed by atoms with Gasteiger partial charge in [-0.1, -0.05) is 20.8 Å². The minimum atomic E-state index is 0.833. The maximum atomic E-state index is 5.50. The average Bonchev–Trinajstić information content (AvgIpc) is 2.48. The maximum absolute atomic E-state index is 5.50. The fourth-order valence-electron chi connectivity index (χ4n) is 1.30. The molecule has 0 radical (unpaired) electrons. The first kappa shape index (κ1) is 11.6. The van der Waals surface area contributed by atoms with Crippen molar-refractivity contribution in [3.05, 3.63) is 15.8 Å². The number of hydrogen-bond donors (Lipinski definition) is 0. The SMILES string of the molecule is CC(C)C.Cc1scc2c1OCCC2. The topological polar surface area (TPSA) is 9.23 Å². The molecule has 1 aliphatic heterocycles. The standard InChI is InChI=1S/C8H10OS.C4H10/c1-6-8-7(5-10-6)3-2-4-9-8;1-4(2)3/h5H,2-4H2,1H3;4H,1-3H3. The minimum absolute atomic E-state index is 0.833. The van der Waals surface area contributed by atoms with Crippen molar-refractivity contribution in [1.82, 2.24) is 0 Å². The molecular weight excluding hydrogens is 192 g/mol. The first-order chi connectivity index (χ1) is 6.61. The van der Waals surface area contributed by atoms with Crippen LogP contribution >= 0.6 is 11.3 Å². The van der Waals surface area contributed by atoms with Crippen LogP contribution in [0.15, 0.2) is 5.38 Å². The fourth-order valence-corrected chi connectivity index (χ4v) is 2.14. The molecule has 0 atom stereocenters. The molecule has 14 heavy (non-hydrogen) atoms. The summed E-state index contributed by atoms with van der Waals surface area (Å²) in [6.45, 7) is 9.53. The number of hydrogen-bond acceptors (Lipinski definition) is 2. The van der Waals surface area contributed by atoms with E-state index in [2.05, 4.69) is 33.1 Å². The zero-order chi connectivity index (χ0) is 10.6. The summed E-state index contributed by atoms with van der Waals surface area (Å²) < 4.78 is 5.50. The second kappa shape index (κ2) is 5.40. The molecule has 1 nitrogen and oxygen atoms in total. The van der Waals surface area contributed by atoms with Crippen molar-refractivity contribution in [2.45, 2.75) is 40.5 Å². The van der Waals surface area contributed by atoms with Crippen LogP contribution in [0.25, 0.3) is 0 Å². The van der Waals surface area contributed by atoms with Crippen molar-refractivity contribution in [2.75, 3.05) is 6.61 Å². The summed E-state index contributed by atoms with van der Waals surface area (Å²) in [7, 11) is 0. The van der Waals surface area contributed by atoms with Crippen molar-refractivity contribution >= 4 is 11.3 Å². The highest BCUT2D eigenvalue weighted by atomic mass is 32.1. The smallest absolute Gasteiger partial charge is 0.136 e. The number of aryl methyl sites for hydroxylation is 2. The van der Waals surface area contributed by atoms with E-state index in [4.69, 9.17) is 4.74 Å². The van der Waals surface area contributed by atoms with Gasteiger partial charge < -0.3 is 4.74 Å². The Morgan fingerprint density at radius 2 is 2.00 bits per heavy atom. The molecule has 2 heteroatoms. The largest absolute Gasteiger partial charge is 0.492 e. The van der Waals surface area contributed by atoms with Gasteiger partial charge in [-0.2, -0.15) is 0 Å². The third kappa shape index (κ3) is 3.33. The average molecular weight is 212 g/mol. The van der Waals surface area contributed by atoms with Crippen LogP contribution in [0.2, 0.25) is 0 Å². The molecule has 0 amide bonds. The van der Waals surface area contributed by atoms with Gasteiger partial charge in [-0.05, 0) is 31.1 Å². The lowest BCUT2D eigenvalue weighted by Crippen LogP contribution is -2.06. The van der Waals surface area contributed by atoms with Crippen molar-refractivity contribution < 1.29 is 4.74 Å². The lowest BCUT2D eigenvalue weighted by Gasteiger charge is -2.13. The van der Waals surface area contributed by atoms with Gasteiger partial charge in [0, 0.05) is 10.4 Å². The third-order valence-electron chi connectivity index (χ3n) is 1.83. The van der Waals surface area contributed by atoms with E-state index < -0.39 is 0 Å². The Balaban J connectivity index is 0.000000213. The Labute approximate surface area is 91.1 Å². The van der Waals surface area contributed by atoms with E-state index in [1.807, 2.05) is 0 Å². The Kier molecular flexibility index (Phi) is 4.46. The molecule has 0 saturated heterocycles. The minimum Gasteiger partial charge on any atom is -0.492 e. The predicted molar refractivity (Wildman–Crippen MR) is 63.4 cm³/mol. The van der Waals surface area contributed by atoms with Gasteiger partial charge >= 0.3 is 0 Å². The number of rotatable bonds is 0. The Bertz CT molecular complexity index is 273. The van der Waals surface area contributed by atoms with E-state index >= 15 is 0 Å². The molecule has 0 aliphatic carbocycles. The molecule has 80 valence electrons. The van der Waals surface area contributed by atoms with E-state index in [0.717, 1.165) is 18.3 Å². The van der Waals surface area contributed by atoms with Crippen molar-refractivity contribution in [1.29, 1.82) is 0 Å². The summed E-state index contributed by atoms with van der Waals surface area (Å²) in [5.74, 6) is 2.00. The molecule has 1 aliphatic rings. The highest BCUT2D eigenvalue weighted by Crippen LogP contribution is 2.33. The van der Waals surface area contributed by atoms with Crippen LogP contribution in [0.4, 0.5) is 0 Å². The van der Waals surface area contributed by atoms with Gasteiger partial charge in [0.05, 0.1) is 6.61 Å². The van der Waals surface area contributed by atoms with Crippen LogP contribution in [0.5, 0.6) is 5.75 Å². The van der Waals surface area contributed by atoms with E-state index in [1.165, 1.54) is 23.3 Å². The highest BCUT2D eigenvalue weighted by molar-refractivity contribution is 7.10. The van der Waals surface area contributed by atoms with Crippen molar-refractivity contribution in [3.63, 3.8) is 0 Å². The summed E-state index contributed by atoms with van der Waals surface area (Å²) in [4.78, 5) is 1.33. The molecule has 2 rings (SSSR count). The van der Waals surface area contributed by atoms with Gasteiger partial charge in [0.1, 0.15) is 5.75 Å². The van der Waals surface area contributed by atoms with E-state index in [0.29, 0.717) is 0 Å². The van der Waals surface area contributed by atoms with Gasteiger partial charge in [-0.3, -0.25) is 0 Å². The monoisotopic (exact) mass is 212 g/mol. The Morgan fingerprint density at radius 3 is 2.57 bits per heavy atom.